The highest BCUT2D eigenvalue weighted by Gasteiger charge is 2.25. The molecule has 1 aromatic heterocycles. The zero-order valence-corrected chi connectivity index (χ0v) is 15.1. The van der Waals surface area contributed by atoms with Crippen molar-refractivity contribution in [3.63, 3.8) is 0 Å². The minimum atomic E-state index is -0.431. The molecule has 1 aromatic carbocycles. The van der Waals surface area contributed by atoms with Gasteiger partial charge in [0.2, 0.25) is 0 Å². The minimum absolute atomic E-state index is 0.105. The number of hydrogen-bond acceptors (Lipinski definition) is 4. The van der Waals surface area contributed by atoms with Gasteiger partial charge in [-0.2, -0.15) is 5.10 Å². The number of carbonyl (C=O) groups excluding carboxylic acids is 1. The normalized spacial score (nSPS) is 21.7. The molecule has 0 saturated carbocycles. The van der Waals surface area contributed by atoms with E-state index in [0.29, 0.717) is 30.6 Å². The summed E-state index contributed by atoms with van der Waals surface area (Å²) in [5.74, 6) is 1.22. The van der Waals surface area contributed by atoms with E-state index in [2.05, 4.69) is 15.4 Å². The predicted molar refractivity (Wildman–Crippen MR) is 101 cm³/mol. The zero-order chi connectivity index (χ0) is 18.8. The van der Waals surface area contributed by atoms with Crippen molar-refractivity contribution >= 4 is 11.9 Å². The van der Waals surface area contributed by atoms with E-state index in [0.717, 1.165) is 42.8 Å². The van der Waals surface area contributed by atoms with Gasteiger partial charge in [-0.15, -0.1) is 0 Å². The Bertz CT molecular complexity index is 875. The summed E-state index contributed by atoms with van der Waals surface area (Å²) in [5.41, 5.74) is 14.1. The second-order valence-corrected chi connectivity index (χ2v) is 7.05. The summed E-state index contributed by atoms with van der Waals surface area (Å²) in [5, 5.41) is 7.55. The van der Waals surface area contributed by atoms with Gasteiger partial charge in [0.1, 0.15) is 5.75 Å². The highest BCUT2D eigenvalue weighted by molar-refractivity contribution is 5.93. The lowest BCUT2D eigenvalue weighted by atomic mass is 9.94. The van der Waals surface area contributed by atoms with Crippen molar-refractivity contribution in [2.45, 2.75) is 31.8 Å². The number of para-hydroxylation sites is 1. The van der Waals surface area contributed by atoms with Crippen LogP contribution in [0.1, 0.15) is 40.5 Å². The van der Waals surface area contributed by atoms with Gasteiger partial charge >= 0.3 is 0 Å². The van der Waals surface area contributed by atoms with Crippen LogP contribution in [0, 0.1) is 5.92 Å². The first kappa shape index (κ1) is 17.4. The fraction of sp³-hybridized carbons (Fsp3) is 0.421. The van der Waals surface area contributed by atoms with Gasteiger partial charge in [-0.3, -0.25) is 14.5 Å². The quantitative estimate of drug-likeness (QED) is 0.549. The fourth-order valence-corrected chi connectivity index (χ4v) is 3.80. The van der Waals surface area contributed by atoms with Crippen LogP contribution in [0.4, 0.5) is 0 Å². The predicted octanol–water partition coefficient (Wildman–Crippen LogP) is 0.972. The Morgan fingerprint density at radius 1 is 1.33 bits per heavy atom. The number of hydrogen-bond donors (Lipinski definition) is 3. The van der Waals surface area contributed by atoms with Crippen LogP contribution < -0.4 is 21.5 Å². The number of amides is 1. The van der Waals surface area contributed by atoms with Crippen LogP contribution in [-0.4, -0.2) is 34.8 Å². The topological polar surface area (TPSA) is 121 Å². The molecule has 2 aromatic rings. The average Bonchev–Trinajstić information content (AvgIpc) is 3.10. The van der Waals surface area contributed by atoms with Gasteiger partial charge in [0.05, 0.1) is 30.1 Å². The maximum Gasteiger partial charge on any atom is 0.252 e. The molecule has 8 nitrogen and oxygen atoms in total. The fourth-order valence-electron chi connectivity index (χ4n) is 3.80. The molecule has 0 radical (unpaired) electrons. The van der Waals surface area contributed by atoms with Crippen LogP contribution in [0.2, 0.25) is 0 Å². The van der Waals surface area contributed by atoms with Gasteiger partial charge in [-0.25, -0.2) is 0 Å². The van der Waals surface area contributed by atoms with E-state index in [-0.39, 0.29) is 6.04 Å². The number of guanidine groups is 1. The molecule has 2 unspecified atom stereocenters. The van der Waals surface area contributed by atoms with E-state index in [4.69, 9.17) is 16.2 Å². The molecule has 0 saturated heterocycles. The largest absolute Gasteiger partial charge is 0.493 e. The number of fused-ring (bicyclic) bond motifs is 2. The van der Waals surface area contributed by atoms with Crippen molar-refractivity contribution < 1.29 is 9.53 Å². The lowest BCUT2D eigenvalue weighted by Crippen LogP contribution is -2.38. The molecule has 2 aliphatic heterocycles. The molecule has 2 atom stereocenters. The molecule has 142 valence electrons. The van der Waals surface area contributed by atoms with Crippen molar-refractivity contribution in [1.29, 1.82) is 0 Å². The van der Waals surface area contributed by atoms with E-state index in [1.54, 1.807) is 6.20 Å². The number of primary amides is 1. The van der Waals surface area contributed by atoms with E-state index in [1.165, 1.54) is 0 Å². The number of carbonyl (C=O) groups is 1. The third-order valence-electron chi connectivity index (χ3n) is 5.25. The second kappa shape index (κ2) is 7.30. The molecule has 3 heterocycles. The van der Waals surface area contributed by atoms with Crippen LogP contribution in [-0.2, 0) is 13.0 Å². The van der Waals surface area contributed by atoms with Gasteiger partial charge in [-0.05, 0) is 24.8 Å². The van der Waals surface area contributed by atoms with Crippen LogP contribution in [0.5, 0.6) is 5.75 Å². The zero-order valence-electron chi connectivity index (χ0n) is 15.1. The monoisotopic (exact) mass is 368 g/mol. The number of nitrogens with one attached hydrogen (secondary N) is 1. The highest BCUT2D eigenvalue weighted by Crippen LogP contribution is 2.31. The Balaban J connectivity index is 1.39. The van der Waals surface area contributed by atoms with Crippen LogP contribution in [0.25, 0.3) is 0 Å². The minimum Gasteiger partial charge on any atom is -0.493 e. The molecule has 8 heteroatoms. The summed E-state index contributed by atoms with van der Waals surface area (Å²) in [6, 6.07) is 8.09. The van der Waals surface area contributed by atoms with Crippen molar-refractivity contribution in [1.82, 2.24) is 15.1 Å². The summed E-state index contributed by atoms with van der Waals surface area (Å²) >= 11 is 0. The number of aromatic nitrogens is 2. The number of nitrogens with two attached hydrogens (primary N) is 2. The van der Waals surface area contributed by atoms with Crippen LogP contribution in [0.15, 0.2) is 35.5 Å². The second-order valence-electron chi connectivity index (χ2n) is 7.05. The Labute approximate surface area is 157 Å². The summed E-state index contributed by atoms with van der Waals surface area (Å²) < 4.78 is 7.54. The number of rotatable bonds is 4. The Kier molecular flexibility index (Phi) is 4.70. The van der Waals surface area contributed by atoms with E-state index >= 15 is 0 Å². The molecule has 2 aliphatic rings. The molecule has 5 N–H and O–H groups in total. The van der Waals surface area contributed by atoms with Gasteiger partial charge < -0.3 is 21.5 Å². The van der Waals surface area contributed by atoms with Gasteiger partial charge in [-0.1, -0.05) is 18.2 Å². The van der Waals surface area contributed by atoms with Gasteiger partial charge in [0.25, 0.3) is 5.91 Å². The first-order valence-corrected chi connectivity index (χ1v) is 9.24. The molecular weight excluding hydrogens is 344 g/mol. The number of ether oxygens (including phenoxy) is 1. The van der Waals surface area contributed by atoms with Crippen LogP contribution in [0.3, 0.4) is 0 Å². The highest BCUT2D eigenvalue weighted by atomic mass is 16.5. The maximum atomic E-state index is 11.5. The maximum absolute atomic E-state index is 11.5. The lowest BCUT2D eigenvalue weighted by molar-refractivity contribution is 0.0998. The van der Waals surface area contributed by atoms with Crippen molar-refractivity contribution in [2.75, 3.05) is 13.2 Å². The standard InChI is InChI=1S/C19H24N6O2/c20-18(26)14-11-23-25-7-5-12(9-16(14)25)10-22-19(21)24-15-6-8-27-17-4-2-1-3-13(15)17/h1-4,11-12,15H,5-10H2,(H2,20,26)(H3,21,22,24). The van der Waals surface area contributed by atoms with Gasteiger partial charge in [0, 0.05) is 25.1 Å². The first-order chi connectivity index (χ1) is 13.1. The van der Waals surface area contributed by atoms with Crippen LogP contribution >= 0.6 is 0 Å². The van der Waals surface area contributed by atoms with Crippen molar-refractivity contribution in [3.05, 3.63) is 47.3 Å². The Morgan fingerprint density at radius 2 is 2.19 bits per heavy atom. The Morgan fingerprint density at radius 3 is 3.04 bits per heavy atom. The first-order valence-electron chi connectivity index (χ1n) is 9.24. The summed E-state index contributed by atoms with van der Waals surface area (Å²) in [6.45, 7) is 2.03. The summed E-state index contributed by atoms with van der Waals surface area (Å²) in [7, 11) is 0. The molecular formula is C19H24N6O2. The molecule has 0 fully saturated rings. The lowest BCUT2D eigenvalue weighted by Gasteiger charge is -2.27. The average molecular weight is 368 g/mol. The van der Waals surface area contributed by atoms with Gasteiger partial charge in [0.15, 0.2) is 5.96 Å². The summed E-state index contributed by atoms with van der Waals surface area (Å²) in [4.78, 5) is 16.1. The summed E-state index contributed by atoms with van der Waals surface area (Å²) in [6.07, 6.45) is 4.08. The molecule has 4 rings (SSSR count). The van der Waals surface area contributed by atoms with Crippen molar-refractivity contribution in [3.8, 4) is 5.75 Å². The number of benzene rings is 1. The van der Waals surface area contributed by atoms with E-state index in [1.807, 2.05) is 28.9 Å². The molecule has 1 amide bonds. The third kappa shape index (κ3) is 3.60. The van der Waals surface area contributed by atoms with Crippen molar-refractivity contribution in [2.24, 2.45) is 22.4 Å². The SMILES string of the molecule is NC(=O)c1cnn2c1CC(CN=C(N)NC1CCOc3ccccc31)CC2. The number of aryl methyl sites for hydroxylation is 1. The smallest absolute Gasteiger partial charge is 0.252 e. The van der Waals surface area contributed by atoms with E-state index < -0.39 is 5.91 Å². The van der Waals surface area contributed by atoms with E-state index in [9.17, 15) is 4.79 Å². The number of aliphatic imine (C=N–C) groups is 1. The Hall–Kier alpha value is -3.03. The molecule has 27 heavy (non-hydrogen) atoms. The number of nitrogens with zero attached hydrogens (tertiary/aromatic N) is 3. The third-order valence-corrected chi connectivity index (χ3v) is 5.25. The molecule has 0 bridgehead atoms. The molecule has 0 aliphatic carbocycles. The molecule has 0 spiro atoms.